The molecule has 0 aromatic heterocycles. The van der Waals surface area contributed by atoms with Crippen molar-refractivity contribution in [3.8, 4) is 5.75 Å². The van der Waals surface area contributed by atoms with E-state index in [1.54, 1.807) is 26.2 Å². The van der Waals surface area contributed by atoms with Gasteiger partial charge in [-0.1, -0.05) is 13.8 Å². The smallest absolute Gasteiger partial charge is 0.261 e. The van der Waals surface area contributed by atoms with Crippen LogP contribution in [0.4, 0.5) is 0 Å². The predicted molar refractivity (Wildman–Crippen MR) is 80.3 cm³/mol. The standard InChI is InChI=1S/C14H21ClO4S/c1-10(2)12-9-13(19-7-5-6-18-4)11(3)8-14(12)20(15,16)17/h8-10H,5-7H2,1-4H3. The molecule has 0 atom stereocenters. The van der Waals surface area contributed by atoms with Crippen molar-refractivity contribution in [3.63, 3.8) is 0 Å². The molecule has 0 fully saturated rings. The van der Waals surface area contributed by atoms with Crippen molar-refractivity contribution in [2.24, 2.45) is 0 Å². The third-order valence-electron chi connectivity index (χ3n) is 2.94. The van der Waals surface area contributed by atoms with Gasteiger partial charge in [0.05, 0.1) is 11.5 Å². The van der Waals surface area contributed by atoms with Crippen LogP contribution in [0, 0.1) is 6.92 Å². The van der Waals surface area contributed by atoms with Gasteiger partial charge in [-0.25, -0.2) is 8.42 Å². The summed E-state index contributed by atoms with van der Waals surface area (Å²) in [5.41, 5.74) is 1.43. The lowest BCUT2D eigenvalue weighted by atomic mass is 10.0. The Morgan fingerprint density at radius 3 is 2.40 bits per heavy atom. The second-order valence-electron chi connectivity index (χ2n) is 4.94. The van der Waals surface area contributed by atoms with Crippen LogP contribution in [-0.2, 0) is 13.8 Å². The average molecular weight is 321 g/mol. The van der Waals surface area contributed by atoms with Crippen LogP contribution in [0.3, 0.4) is 0 Å². The van der Waals surface area contributed by atoms with Gasteiger partial charge in [0.1, 0.15) is 5.75 Å². The molecule has 0 bridgehead atoms. The van der Waals surface area contributed by atoms with Crippen molar-refractivity contribution < 1.29 is 17.9 Å². The van der Waals surface area contributed by atoms with E-state index in [2.05, 4.69) is 0 Å². The Labute approximate surface area is 125 Å². The van der Waals surface area contributed by atoms with Gasteiger partial charge in [0, 0.05) is 30.8 Å². The number of ether oxygens (including phenoxy) is 2. The highest BCUT2D eigenvalue weighted by molar-refractivity contribution is 8.13. The molecule has 0 saturated heterocycles. The minimum Gasteiger partial charge on any atom is -0.493 e. The molecule has 0 saturated carbocycles. The zero-order valence-electron chi connectivity index (χ0n) is 12.3. The number of aryl methyl sites for hydroxylation is 1. The minimum absolute atomic E-state index is 0.0421. The molecule has 4 nitrogen and oxygen atoms in total. The van der Waals surface area contributed by atoms with Crippen LogP contribution in [0.2, 0.25) is 0 Å². The van der Waals surface area contributed by atoms with E-state index in [9.17, 15) is 8.42 Å². The average Bonchev–Trinajstić information content (AvgIpc) is 2.34. The molecule has 0 radical (unpaired) electrons. The van der Waals surface area contributed by atoms with Crippen molar-refractivity contribution in [1.29, 1.82) is 0 Å². The Bertz CT molecular complexity index is 553. The Morgan fingerprint density at radius 1 is 1.25 bits per heavy atom. The van der Waals surface area contributed by atoms with Gasteiger partial charge in [-0.2, -0.15) is 0 Å². The lowest BCUT2D eigenvalue weighted by molar-refractivity contribution is 0.172. The summed E-state index contributed by atoms with van der Waals surface area (Å²) in [5.74, 6) is 0.731. The molecular weight excluding hydrogens is 300 g/mol. The lowest BCUT2D eigenvalue weighted by Gasteiger charge is -2.16. The quantitative estimate of drug-likeness (QED) is 0.570. The Hall–Kier alpha value is -0.780. The first-order chi connectivity index (χ1) is 9.27. The molecule has 20 heavy (non-hydrogen) atoms. The number of rotatable bonds is 7. The third-order valence-corrected chi connectivity index (χ3v) is 4.32. The summed E-state index contributed by atoms with van der Waals surface area (Å²) >= 11 is 0. The van der Waals surface area contributed by atoms with Gasteiger partial charge in [-0.3, -0.25) is 0 Å². The largest absolute Gasteiger partial charge is 0.493 e. The predicted octanol–water partition coefficient (Wildman–Crippen LogP) is 3.46. The van der Waals surface area contributed by atoms with E-state index < -0.39 is 9.05 Å². The normalized spacial score (nSPS) is 11.9. The highest BCUT2D eigenvalue weighted by atomic mass is 35.7. The monoisotopic (exact) mass is 320 g/mol. The van der Waals surface area contributed by atoms with Gasteiger partial charge in [0.2, 0.25) is 0 Å². The Kier molecular flexibility index (Phi) is 6.30. The first-order valence-electron chi connectivity index (χ1n) is 6.48. The minimum atomic E-state index is -3.75. The van der Waals surface area contributed by atoms with Crippen LogP contribution in [-0.4, -0.2) is 28.7 Å². The van der Waals surface area contributed by atoms with Gasteiger partial charge < -0.3 is 9.47 Å². The molecule has 0 amide bonds. The summed E-state index contributed by atoms with van der Waals surface area (Å²) in [6.07, 6.45) is 0.780. The summed E-state index contributed by atoms with van der Waals surface area (Å²) in [6.45, 7) is 6.81. The number of halogens is 1. The van der Waals surface area contributed by atoms with Gasteiger partial charge in [-0.15, -0.1) is 0 Å². The van der Waals surface area contributed by atoms with Crippen molar-refractivity contribution >= 4 is 19.7 Å². The van der Waals surface area contributed by atoms with Gasteiger partial charge in [0.25, 0.3) is 9.05 Å². The van der Waals surface area contributed by atoms with Gasteiger partial charge in [-0.05, 0) is 36.1 Å². The van der Waals surface area contributed by atoms with Crippen LogP contribution < -0.4 is 4.74 Å². The molecule has 0 heterocycles. The van der Waals surface area contributed by atoms with E-state index in [0.29, 0.717) is 24.5 Å². The number of methoxy groups -OCH3 is 1. The van der Waals surface area contributed by atoms with Crippen LogP contribution >= 0.6 is 10.7 Å². The first-order valence-corrected chi connectivity index (χ1v) is 8.79. The summed E-state index contributed by atoms with van der Waals surface area (Å²) in [6, 6.07) is 3.34. The summed E-state index contributed by atoms with van der Waals surface area (Å²) in [5, 5.41) is 0. The fraction of sp³-hybridized carbons (Fsp3) is 0.571. The van der Waals surface area contributed by atoms with E-state index in [-0.39, 0.29) is 10.8 Å². The van der Waals surface area contributed by atoms with Gasteiger partial charge in [0.15, 0.2) is 0 Å². The van der Waals surface area contributed by atoms with Crippen LogP contribution in [0.25, 0.3) is 0 Å². The van der Waals surface area contributed by atoms with E-state index in [1.807, 2.05) is 13.8 Å². The molecule has 0 aliphatic rings. The van der Waals surface area contributed by atoms with Crippen LogP contribution in [0.5, 0.6) is 5.75 Å². The van der Waals surface area contributed by atoms with E-state index in [1.165, 1.54) is 0 Å². The van der Waals surface area contributed by atoms with Crippen LogP contribution in [0.1, 0.15) is 37.3 Å². The van der Waals surface area contributed by atoms with Crippen molar-refractivity contribution in [1.82, 2.24) is 0 Å². The topological polar surface area (TPSA) is 52.6 Å². The van der Waals surface area contributed by atoms with E-state index >= 15 is 0 Å². The molecule has 0 aliphatic heterocycles. The highest BCUT2D eigenvalue weighted by Gasteiger charge is 2.20. The molecule has 0 aliphatic carbocycles. The fourth-order valence-electron chi connectivity index (χ4n) is 1.88. The van der Waals surface area contributed by atoms with Crippen molar-refractivity contribution in [2.45, 2.75) is 38.0 Å². The molecule has 1 aromatic carbocycles. The zero-order valence-corrected chi connectivity index (χ0v) is 13.8. The molecule has 1 aromatic rings. The van der Waals surface area contributed by atoms with Crippen molar-refractivity contribution in [3.05, 3.63) is 23.3 Å². The van der Waals surface area contributed by atoms with E-state index in [0.717, 1.165) is 12.0 Å². The maximum absolute atomic E-state index is 11.6. The Balaban J connectivity index is 3.08. The summed E-state index contributed by atoms with van der Waals surface area (Å²) in [7, 11) is 3.38. The summed E-state index contributed by atoms with van der Waals surface area (Å²) in [4.78, 5) is 0.163. The maximum atomic E-state index is 11.6. The maximum Gasteiger partial charge on any atom is 0.261 e. The molecule has 0 N–H and O–H groups in total. The molecule has 0 spiro atoms. The van der Waals surface area contributed by atoms with Crippen molar-refractivity contribution in [2.75, 3.05) is 20.3 Å². The SMILES string of the molecule is COCCCOc1cc(C(C)C)c(S(=O)(=O)Cl)cc1C. The second kappa shape index (κ2) is 7.29. The third kappa shape index (κ3) is 4.65. The molecule has 1 rings (SSSR count). The number of hydrogen-bond acceptors (Lipinski definition) is 4. The highest BCUT2D eigenvalue weighted by Crippen LogP contribution is 2.32. The Morgan fingerprint density at radius 2 is 1.90 bits per heavy atom. The first kappa shape index (κ1) is 17.3. The molecule has 0 unspecified atom stereocenters. The van der Waals surface area contributed by atoms with Crippen LogP contribution in [0.15, 0.2) is 17.0 Å². The number of hydrogen-bond donors (Lipinski definition) is 0. The molecule has 114 valence electrons. The second-order valence-corrected chi connectivity index (χ2v) is 7.48. The van der Waals surface area contributed by atoms with Gasteiger partial charge >= 0.3 is 0 Å². The lowest BCUT2D eigenvalue weighted by Crippen LogP contribution is -2.06. The molecular formula is C14H21ClO4S. The van der Waals surface area contributed by atoms with E-state index in [4.69, 9.17) is 20.2 Å². The zero-order chi connectivity index (χ0) is 15.3. The molecule has 6 heteroatoms. The number of benzene rings is 1. The fourth-order valence-corrected chi connectivity index (χ4v) is 3.18. The summed E-state index contributed by atoms with van der Waals surface area (Å²) < 4.78 is 33.9.